The van der Waals surface area contributed by atoms with E-state index < -0.39 is 10.0 Å². The number of sulfonamides is 1. The van der Waals surface area contributed by atoms with E-state index in [0.29, 0.717) is 4.90 Å². The summed E-state index contributed by atoms with van der Waals surface area (Å²) in [4.78, 5) is 0.355. The zero-order chi connectivity index (χ0) is 13.1. The van der Waals surface area contributed by atoms with E-state index in [2.05, 4.69) is 20.7 Å². The van der Waals surface area contributed by atoms with Crippen molar-refractivity contribution in [1.82, 2.24) is 4.72 Å². The molecule has 1 rings (SSSR count). The Morgan fingerprint density at radius 1 is 1.29 bits per heavy atom. The second kappa shape index (κ2) is 5.98. The van der Waals surface area contributed by atoms with Gasteiger partial charge in [-0.25, -0.2) is 13.1 Å². The first-order valence-corrected chi connectivity index (χ1v) is 8.13. The number of hydrogen-bond acceptors (Lipinski definition) is 2. The van der Waals surface area contributed by atoms with Gasteiger partial charge in [0.25, 0.3) is 0 Å². The molecule has 0 bridgehead atoms. The molecule has 1 aromatic carbocycles. The molecule has 0 radical (unpaired) electrons. The average molecular weight is 320 g/mol. The molecule has 5 heteroatoms. The summed E-state index contributed by atoms with van der Waals surface area (Å²) in [6, 6.07) is 6.90. The molecular weight excluding hydrogens is 302 g/mol. The van der Waals surface area contributed by atoms with Crippen LogP contribution in [-0.4, -0.2) is 19.8 Å². The molecule has 1 aromatic rings. The fraction of sp³-hybridized carbons (Fsp3) is 0.500. The van der Waals surface area contributed by atoms with Gasteiger partial charge in [0.2, 0.25) is 10.0 Å². The average Bonchev–Trinajstić information content (AvgIpc) is 2.27. The predicted molar refractivity (Wildman–Crippen MR) is 73.9 cm³/mol. The van der Waals surface area contributed by atoms with E-state index in [1.54, 1.807) is 25.1 Å². The fourth-order valence-corrected chi connectivity index (χ4v) is 3.58. The highest BCUT2D eigenvalue weighted by molar-refractivity contribution is 9.09. The van der Waals surface area contributed by atoms with E-state index in [9.17, 15) is 8.42 Å². The molecule has 2 atom stereocenters. The standard InChI is InChI=1S/C12H18BrNO2S/c1-9-6-4-5-7-12(9)17(15,16)14-11(3)10(2)8-13/h4-7,10-11,14H,8H2,1-3H3. The maximum Gasteiger partial charge on any atom is 0.241 e. The Morgan fingerprint density at radius 3 is 2.41 bits per heavy atom. The fourth-order valence-electron chi connectivity index (χ4n) is 1.42. The molecule has 0 saturated heterocycles. The summed E-state index contributed by atoms with van der Waals surface area (Å²) in [5.41, 5.74) is 0.763. The van der Waals surface area contributed by atoms with Crippen LogP contribution in [0.25, 0.3) is 0 Å². The van der Waals surface area contributed by atoms with E-state index in [-0.39, 0.29) is 12.0 Å². The molecule has 0 aromatic heterocycles. The Bertz CT molecular complexity index is 473. The van der Waals surface area contributed by atoms with Crippen LogP contribution in [-0.2, 0) is 10.0 Å². The second-order valence-corrected chi connectivity index (χ2v) is 6.64. The lowest BCUT2D eigenvalue weighted by molar-refractivity contribution is 0.484. The van der Waals surface area contributed by atoms with Crippen LogP contribution in [0.3, 0.4) is 0 Å². The lowest BCUT2D eigenvalue weighted by Crippen LogP contribution is -2.37. The van der Waals surface area contributed by atoms with Crippen molar-refractivity contribution in [1.29, 1.82) is 0 Å². The molecule has 0 heterocycles. The summed E-state index contributed by atoms with van der Waals surface area (Å²) in [6.45, 7) is 5.68. The Balaban J connectivity index is 2.94. The highest BCUT2D eigenvalue weighted by Gasteiger charge is 2.21. The quantitative estimate of drug-likeness (QED) is 0.848. The first-order chi connectivity index (χ1) is 7.88. The maximum atomic E-state index is 12.2. The highest BCUT2D eigenvalue weighted by atomic mass is 79.9. The van der Waals surface area contributed by atoms with Gasteiger partial charge in [-0.1, -0.05) is 41.1 Å². The smallest absolute Gasteiger partial charge is 0.208 e. The van der Waals surface area contributed by atoms with Gasteiger partial charge in [-0.2, -0.15) is 0 Å². The number of benzene rings is 1. The predicted octanol–water partition coefficient (Wildman–Crippen LogP) is 2.69. The van der Waals surface area contributed by atoms with Crippen molar-refractivity contribution in [3.63, 3.8) is 0 Å². The van der Waals surface area contributed by atoms with Crippen LogP contribution in [0.1, 0.15) is 19.4 Å². The molecule has 0 aliphatic heterocycles. The highest BCUT2D eigenvalue weighted by Crippen LogP contribution is 2.16. The molecule has 0 aliphatic rings. The normalized spacial score (nSPS) is 15.5. The number of nitrogens with one attached hydrogen (secondary N) is 1. The van der Waals surface area contributed by atoms with Gasteiger partial charge in [0.15, 0.2) is 0 Å². The minimum Gasteiger partial charge on any atom is -0.208 e. The molecule has 0 amide bonds. The van der Waals surface area contributed by atoms with E-state index in [4.69, 9.17) is 0 Å². The van der Waals surface area contributed by atoms with E-state index >= 15 is 0 Å². The molecule has 0 aliphatic carbocycles. The van der Waals surface area contributed by atoms with Gasteiger partial charge < -0.3 is 0 Å². The number of aryl methyl sites for hydroxylation is 1. The van der Waals surface area contributed by atoms with E-state index in [0.717, 1.165) is 10.9 Å². The first-order valence-electron chi connectivity index (χ1n) is 5.52. The number of alkyl halides is 1. The van der Waals surface area contributed by atoms with Crippen molar-refractivity contribution in [2.24, 2.45) is 5.92 Å². The molecule has 2 unspecified atom stereocenters. The second-order valence-electron chi connectivity index (χ2n) is 4.31. The molecule has 0 saturated carbocycles. The third-order valence-electron chi connectivity index (χ3n) is 2.82. The molecule has 0 fully saturated rings. The van der Waals surface area contributed by atoms with Gasteiger partial charge >= 0.3 is 0 Å². The summed E-state index contributed by atoms with van der Waals surface area (Å²) in [5, 5.41) is 0.768. The largest absolute Gasteiger partial charge is 0.241 e. The Hall–Kier alpha value is -0.390. The monoisotopic (exact) mass is 319 g/mol. The zero-order valence-corrected chi connectivity index (χ0v) is 12.7. The third kappa shape index (κ3) is 3.79. The molecule has 96 valence electrons. The van der Waals surface area contributed by atoms with Gasteiger partial charge in [-0.3, -0.25) is 0 Å². The van der Waals surface area contributed by atoms with Gasteiger partial charge in [0.1, 0.15) is 0 Å². The van der Waals surface area contributed by atoms with E-state index in [1.165, 1.54) is 0 Å². The summed E-state index contributed by atoms with van der Waals surface area (Å²) in [7, 11) is -3.42. The molecule has 0 spiro atoms. The lowest BCUT2D eigenvalue weighted by Gasteiger charge is -2.19. The SMILES string of the molecule is Cc1ccccc1S(=O)(=O)NC(C)C(C)CBr. The summed E-state index contributed by atoms with van der Waals surface area (Å²) < 4.78 is 27.0. The minimum atomic E-state index is -3.42. The summed E-state index contributed by atoms with van der Waals surface area (Å²) in [6.07, 6.45) is 0. The van der Waals surface area contributed by atoms with Crippen molar-refractivity contribution in [3.8, 4) is 0 Å². The third-order valence-corrected chi connectivity index (χ3v) is 5.56. The molecule has 1 N–H and O–H groups in total. The van der Waals surface area contributed by atoms with Crippen molar-refractivity contribution in [3.05, 3.63) is 29.8 Å². The molecule has 17 heavy (non-hydrogen) atoms. The van der Waals surface area contributed by atoms with Crippen LogP contribution in [0, 0.1) is 12.8 Å². The maximum absolute atomic E-state index is 12.2. The van der Waals surface area contributed by atoms with Crippen LogP contribution in [0.2, 0.25) is 0 Å². The summed E-state index contributed by atoms with van der Waals surface area (Å²) in [5.74, 6) is 0.244. The number of hydrogen-bond donors (Lipinski definition) is 1. The van der Waals surface area contributed by atoms with E-state index in [1.807, 2.05) is 19.9 Å². The van der Waals surface area contributed by atoms with Crippen molar-refractivity contribution >= 4 is 26.0 Å². The Labute approximate surface area is 112 Å². The van der Waals surface area contributed by atoms with Crippen molar-refractivity contribution < 1.29 is 8.42 Å². The van der Waals surface area contributed by atoms with Crippen LogP contribution >= 0.6 is 15.9 Å². The molecule has 3 nitrogen and oxygen atoms in total. The number of halogens is 1. The first kappa shape index (κ1) is 14.7. The number of rotatable bonds is 5. The zero-order valence-electron chi connectivity index (χ0n) is 10.3. The van der Waals surface area contributed by atoms with Gasteiger partial charge in [0, 0.05) is 11.4 Å². The van der Waals surface area contributed by atoms with Crippen molar-refractivity contribution in [2.45, 2.75) is 31.7 Å². The van der Waals surface area contributed by atoms with Gasteiger partial charge in [-0.05, 0) is 31.4 Å². The molecular formula is C12H18BrNO2S. The Kier molecular flexibility index (Phi) is 5.16. The van der Waals surface area contributed by atoms with Gasteiger partial charge in [-0.15, -0.1) is 0 Å². The van der Waals surface area contributed by atoms with Crippen molar-refractivity contribution in [2.75, 3.05) is 5.33 Å². The lowest BCUT2D eigenvalue weighted by atomic mass is 10.1. The van der Waals surface area contributed by atoms with Crippen LogP contribution in [0.4, 0.5) is 0 Å². The Morgan fingerprint density at radius 2 is 1.88 bits per heavy atom. The van der Waals surface area contributed by atoms with Crippen LogP contribution < -0.4 is 4.72 Å². The van der Waals surface area contributed by atoms with Gasteiger partial charge in [0.05, 0.1) is 4.90 Å². The van der Waals surface area contributed by atoms with Crippen LogP contribution in [0.15, 0.2) is 29.2 Å². The minimum absolute atomic E-state index is 0.0982. The van der Waals surface area contributed by atoms with Crippen LogP contribution in [0.5, 0.6) is 0 Å². The summed E-state index contributed by atoms with van der Waals surface area (Å²) >= 11 is 3.36. The topological polar surface area (TPSA) is 46.2 Å².